The number of nitrogens with zero attached hydrogens (tertiary/aromatic N) is 1. The van der Waals surface area contributed by atoms with Crippen LogP contribution in [0.2, 0.25) is 0 Å². The number of carbonyl (C=O) groups excluding carboxylic acids is 1. The number of rotatable bonds is 8. The van der Waals surface area contributed by atoms with Crippen LogP contribution < -0.4 is 5.32 Å². The first-order valence-electron chi connectivity index (χ1n) is 14.2. The number of likely N-dealkylation sites (tertiary alicyclic amines) is 1. The molecule has 2 aliphatic rings. The summed E-state index contributed by atoms with van der Waals surface area (Å²) in [6.07, 6.45) is 5.15. The number of amides is 1. The molecule has 1 saturated carbocycles. The number of nitrogens with one attached hydrogen (secondary N) is 1. The van der Waals surface area contributed by atoms with E-state index >= 15 is 0 Å². The van der Waals surface area contributed by atoms with Gasteiger partial charge in [-0.25, -0.2) is 0 Å². The number of piperidine rings is 1. The smallest absolute Gasteiger partial charge is 0.230 e. The van der Waals surface area contributed by atoms with Crippen molar-refractivity contribution >= 4 is 5.91 Å². The van der Waals surface area contributed by atoms with Crippen LogP contribution in [-0.4, -0.2) is 41.1 Å². The van der Waals surface area contributed by atoms with Gasteiger partial charge >= 0.3 is 0 Å². The highest BCUT2D eigenvalue weighted by molar-refractivity contribution is 5.87. The molecule has 0 radical (unpaired) electrons. The molecule has 2 bridgehead atoms. The van der Waals surface area contributed by atoms with E-state index in [1.165, 1.54) is 11.1 Å². The summed E-state index contributed by atoms with van der Waals surface area (Å²) in [6, 6.07) is 29.2. The van der Waals surface area contributed by atoms with Crippen molar-refractivity contribution < 1.29 is 9.90 Å². The molecule has 3 aromatic rings. The van der Waals surface area contributed by atoms with Gasteiger partial charge in [0.15, 0.2) is 0 Å². The Morgan fingerprint density at radius 1 is 1.00 bits per heavy atom. The Morgan fingerprint density at radius 2 is 1.71 bits per heavy atom. The van der Waals surface area contributed by atoms with E-state index in [9.17, 15) is 9.90 Å². The van der Waals surface area contributed by atoms with E-state index in [4.69, 9.17) is 0 Å². The lowest BCUT2D eigenvalue weighted by molar-refractivity contribution is -0.127. The van der Waals surface area contributed by atoms with Gasteiger partial charge in [-0.1, -0.05) is 79.7 Å². The molecule has 0 spiro atoms. The molecule has 0 aromatic heterocycles. The standard InChI is InChI=1S/C34H42N2O2/c1-25-24-36(19-11-14-26-12-6-4-7-13-26)30-21-29(22-34(25,23-30)28-17-10-18-31(37)20-28)35-32(38)33(2,3)27-15-8-5-9-16-27/h4-10,12-13,15-18,20,25,29-30,37H,11,14,19,21-24H2,1-3H3,(H,35,38)/t25-,29+,30-,34+/m0/s1. The Hall–Kier alpha value is -3.11. The van der Waals surface area contributed by atoms with Gasteiger partial charge in [0.05, 0.1) is 5.41 Å². The van der Waals surface area contributed by atoms with Gasteiger partial charge in [0.1, 0.15) is 5.75 Å². The molecule has 4 heteroatoms. The normalized spacial score (nSPS) is 25.6. The van der Waals surface area contributed by atoms with E-state index in [1.807, 2.05) is 56.3 Å². The average Bonchev–Trinajstić information content (AvgIpc) is 2.92. The molecular formula is C34H42N2O2. The highest BCUT2D eigenvalue weighted by atomic mass is 16.3. The maximum atomic E-state index is 13.7. The van der Waals surface area contributed by atoms with Crippen LogP contribution in [0.3, 0.4) is 0 Å². The Balaban J connectivity index is 1.37. The SMILES string of the molecule is C[C@H]1CN(CCCc2ccccc2)[C@H]2C[C@@H](NC(=O)C(C)(C)c3ccccc3)C[C@@]1(c1cccc(O)c1)C2. The Morgan fingerprint density at radius 3 is 2.42 bits per heavy atom. The monoisotopic (exact) mass is 510 g/mol. The second-order valence-corrected chi connectivity index (χ2v) is 12.2. The van der Waals surface area contributed by atoms with E-state index < -0.39 is 5.41 Å². The lowest BCUT2D eigenvalue weighted by Crippen LogP contribution is -2.62. The molecule has 1 heterocycles. The largest absolute Gasteiger partial charge is 0.508 e. The first-order chi connectivity index (χ1) is 18.3. The minimum absolute atomic E-state index is 0.0631. The van der Waals surface area contributed by atoms with Crippen molar-refractivity contribution in [3.63, 3.8) is 0 Å². The van der Waals surface area contributed by atoms with Crippen molar-refractivity contribution in [2.45, 2.75) is 75.8 Å². The summed E-state index contributed by atoms with van der Waals surface area (Å²) in [6.45, 7) is 8.51. The Kier molecular flexibility index (Phi) is 7.63. The molecule has 2 N–H and O–H groups in total. The fourth-order valence-corrected chi connectivity index (χ4v) is 7.00. The zero-order chi connectivity index (χ0) is 26.8. The van der Waals surface area contributed by atoms with Gasteiger partial charge in [0.2, 0.25) is 5.91 Å². The molecule has 1 saturated heterocycles. The molecule has 2 fully saturated rings. The first-order valence-corrected chi connectivity index (χ1v) is 14.2. The van der Waals surface area contributed by atoms with E-state index in [0.29, 0.717) is 17.7 Å². The van der Waals surface area contributed by atoms with Gasteiger partial charge in [-0.05, 0) is 87.2 Å². The average molecular weight is 511 g/mol. The third kappa shape index (κ3) is 5.37. The molecule has 1 aliphatic carbocycles. The number of hydrogen-bond acceptors (Lipinski definition) is 3. The molecule has 200 valence electrons. The second kappa shape index (κ2) is 10.9. The summed E-state index contributed by atoms with van der Waals surface area (Å²) in [4.78, 5) is 16.4. The first kappa shape index (κ1) is 26.5. The molecule has 1 aliphatic heterocycles. The summed E-state index contributed by atoms with van der Waals surface area (Å²) in [5.41, 5.74) is 2.97. The van der Waals surface area contributed by atoms with Crippen molar-refractivity contribution in [1.29, 1.82) is 0 Å². The van der Waals surface area contributed by atoms with E-state index in [-0.39, 0.29) is 17.4 Å². The zero-order valence-corrected chi connectivity index (χ0v) is 23.1. The lowest BCUT2D eigenvalue weighted by Gasteiger charge is -2.57. The van der Waals surface area contributed by atoms with Gasteiger partial charge in [-0.2, -0.15) is 0 Å². The summed E-state index contributed by atoms with van der Waals surface area (Å²) in [7, 11) is 0. The number of phenolic OH excluding ortho intramolecular Hbond substituents is 1. The van der Waals surface area contributed by atoms with Crippen LogP contribution in [0.5, 0.6) is 5.75 Å². The Bertz CT molecular complexity index is 1230. The molecular weight excluding hydrogens is 468 g/mol. The zero-order valence-electron chi connectivity index (χ0n) is 23.1. The lowest BCUT2D eigenvalue weighted by atomic mass is 9.57. The highest BCUT2D eigenvalue weighted by Gasteiger charge is 2.51. The minimum Gasteiger partial charge on any atom is -0.508 e. The second-order valence-electron chi connectivity index (χ2n) is 12.2. The predicted molar refractivity (Wildman–Crippen MR) is 154 cm³/mol. The van der Waals surface area contributed by atoms with Gasteiger partial charge in [0.25, 0.3) is 0 Å². The predicted octanol–water partition coefficient (Wildman–Crippen LogP) is 6.23. The van der Waals surface area contributed by atoms with Crippen LogP contribution in [0.25, 0.3) is 0 Å². The van der Waals surface area contributed by atoms with Crippen LogP contribution in [0, 0.1) is 5.92 Å². The molecule has 5 rings (SSSR count). The molecule has 38 heavy (non-hydrogen) atoms. The summed E-state index contributed by atoms with van der Waals surface area (Å²) in [5.74, 6) is 0.824. The van der Waals surface area contributed by atoms with Crippen LogP contribution in [0.1, 0.15) is 63.1 Å². The van der Waals surface area contributed by atoms with Crippen molar-refractivity contribution in [3.05, 3.63) is 102 Å². The molecule has 0 unspecified atom stereocenters. The van der Waals surface area contributed by atoms with E-state index in [2.05, 4.69) is 53.5 Å². The summed E-state index contributed by atoms with van der Waals surface area (Å²) < 4.78 is 0. The molecule has 3 aromatic carbocycles. The van der Waals surface area contributed by atoms with Crippen LogP contribution >= 0.6 is 0 Å². The van der Waals surface area contributed by atoms with Gasteiger partial charge in [-0.3, -0.25) is 9.69 Å². The van der Waals surface area contributed by atoms with Crippen molar-refractivity contribution in [2.75, 3.05) is 13.1 Å². The molecule has 1 amide bonds. The van der Waals surface area contributed by atoms with Gasteiger partial charge < -0.3 is 10.4 Å². The third-order valence-electron chi connectivity index (χ3n) is 9.31. The van der Waals surface area contributed by atoms with Crippen LogP contribution in [0.15, 0.2) is 84.9 Å². The highest BCUT2D eigenvalue weighted by Crippen LogP contribution is 2.50. The van der Waals surface area contributed by atoms with E-state index in [1.54, 1.807) is 6.07 Å². The fourth-order valence-electron chi connectivity index (χ4n) is 7.00. The quantitative estimate of drug-likeness (QED) is 0.378. The Labute approximate surface area is 228 Å². The number of carbonyl (C=O) groups is 1. The van der Waals surface area contributed by atoms with Crippen molar-refractivity contribution in [3.8, 4) is 5.75 Å². The van der Waals surface area contributed by atoms with Gasteiger partial charge in [-0.15, -0.1) is 0 Å². The maximum absolute atomic E-state index is 13.7. The van der Waals surface area contributed by atoms with Crippen molar-refractivity contribution in [1.82, 2.24) is 10.2 Å². The molecule has 4 atom stereocenters. The topological polar surface area (TPSA) is 52.6 Å². The third-order valence-corrected chi connectivity index (χ3v) is 9.31. The summed E-state index contributed by atoms with van der Waals surface area (Å²) in [5, 5.41) is 13.9. The summed E-state index contributed by atoms with van der Waals surface area (Å²) >= 11 is 0. The number of phenols is 1. The van der Waals surface area contributed by atoms with Crippen LogP contribution in [-0.2, 0) is 22.0 Å². The molecule has 4 nitrogen and oxygen atoms in total. The van der Waals surface area contributed by atoms with Crippen molar-refractivity contribution in [2.24, 2.45) is 5.92 Å². The number of aromatic hydroxyl groups is 1. The van der Waals surface area contributed by atoms with E-state index in [0.717, 1.165) is 50.8 Å². The van der Waals surface area contributed by atoms with Gasteiger partial charge in [0, 0.05) is 24.0 Å². The number of hydrogen-bond donors (Lipinski definition) is 2. The number of benzene rings is 3. The fraction of sp³-hybridized carbons (Fsp3) is 0.441. The number of aryl methyl sites for hydroxylation is 1. The van der Waals surface area contributed by atoms with Crippen LogP contribution in [0.4, 0.5) is 0 Å². The minimum atomic E-state index is -0.604. The maximum Gasteiger partial charge on any atom is 0.230 e. The number of fused-ring (bicyclic) bond motifs is 2.